The van der Waals surface area contributed by atoms with Crippen molar-refractivity contribution in [2.45, 2.75) is 25.4 Å². The first-order chi connectivity index (χ1) is 4.90. The molecular formula is C9H14O. The molecule has 0 amide bonds. The van der Waals surface area contributed by atoms with Crippen LogP contribution in [0.1, 0.15) is 19.3 Å². The Kier molecular flexibility index (Phi) is 1.53. The summed E-state index contributed by atoms with van der Waals surface area (Å²) in [7, 11) is 0. The molecule has 1 aliphatic heterocycles. The van der Waals surface area contributed by atoms with Gasteiger partial charge in [-0.1, -0.05) is 6.08 Å². The van der Waals surface area contributed by atoms with E-state index in [1.807, 2.05) is 0 Å². The summed E-state index contributed by atoms with van der Waals surface area (Å²) in [6, 6.07) is 0. The molecule has 3 atom stereocenters. The Bertz CT molecular complexity index is 142. The molecular weight excluding hydrogens is 124 g/mol. The Morgan fingerprint density at radius 2 is 2.30 bits per heavy atom. The molecule has 1 heteroatoms. The monoisotopic (exact) mass is 138 g/mol. The Hall–Kier alpha value is -0.300. The van der Waals surface area contributed by atoms with Gasteiger partial charge in [0, 0.05) is 5.92 Å². The first kappa shape index (κ1) is 6.41. The maximum Gasteiger partial charge on any atom is 0.0625 e. The van der Waals surface area contributed by atoms with Crippen LogP contribution in [0, 0.1) is 11.8 Å². The summed E-state index contributed by atoms with van der Waals surface area (Å²) in [6.07, 6.45) is 6.62. The van der Waals surface area contributed by atoms with Gasteiger partial charge in [-0.25, -0.2) is 0 Å². The zero-order chi connectivity index (χ0) is 6.97. The van der Waals surface area contributed by atoms with Crippen molar-refractivity contribution in [1.82, 2.24) is 0 Å². The van der Waals surface area contributed by atoms with Gasteiger partial charge in [-0.15, -0.1) is 6.58 Å². The molecule has 0 N–H and O–H groups in total. The summed E-state index contributed by atoms with van der Waals surface area (Å²) in [5.41, 5.74) is 0. The van der Waals surface area contributed by atoms with Gasteiger partial charge in [-0.3, -0.25) is 0 Å². The number of allylic oxidation sites excluding steroid dienone is 1. The minimum absolute atomic E-state index is 0.621. The van der Waals surface area contributed by atoms with E-state index in [1.165, 1.54) is 19.3 Å². The molecule has 2 aliphatic rings. The van der Waals surface area contributed by atoms with E-state index in [2.05, 4.69) is 12.7 Å². The van der Waals surface area contributed by atoms with Gasteiger partial charge in [0.25, 0.3) is 0 Å². The van der Waals surface area contributed by atoms with Gasteiger partial charge in [-0.05, 0) is 25.2 Å². The number of hydrogen-bond acceptors (Lipinski definition) is 1. The zero-order valence-electron chi connectivity index (χ0n) is 6.25. The van der Waals surface area contributed by atoms with Crippen LogP contribution in [0.5, 0.6) is 0 Å². The smallest absolute Gasteiger partial charge is 0.0625 e. The van der Waals surface area contributed by atoms with Gasteiger partial charge < -0.3 is 4.74 Å². The normalized spacial score (nSPS) is 45.4. The Labute approximate surface area is 62.1 Å². The quantitative estimate of drug-likeness (QED) is 0.503. The third-order valence-electron chi connectivity index (χ3n) is 2.81. The van der Waals surface area contributed by atoms with E-state index >= 15 is 0 Å². The largest absolute Gasteiger partial charge is 0.377 e. The topological polar surface area (TPSA) is 9.23 Å². The Balaban J connectivity index is 1.92. The second-order valence-corrected chi connectivity index (χ2v) is 3.44. The Morgan fingerprint density at radius 3 is 2.80 bits per heavy atom. The molecule has 56 valence electrons. The molecule has 1 saturated carbocycles. The highest BCUT2D eigenvalue weighted by molar-refractivity contribution is 4.92. The van der Waals surface area contributed by atoms with E-state index in [0.717, 1.165) is 18.4 Å². The predicted molar refractivity (Wildman–Crippen MR) is 40.8 cm³/mol. The van der Waals surface area contributed by atoms with Crippen molar-refractivity contribution in [2.24, 2.45) is 11.8 Å². The predicted octanol–water partition coefficient (Wildman–Crippen LogP) is 1.99. The summed E-state index contributed by atoms with van der Waals surface area (Å²) in [4.78, 5) is 0. The van der Waals surface area contributed by atoms with Crippen LogP contribution in [0.2, 0.25) is 0 Å². The fourth-order valence-corrected chi connectivity index (χ4v) is 2.01. The lowest BCUT2D eigenvalue weighted by atomic mass is 9.77. The fraction of sp³-hybridized carbons (Fsp3) is 0.778. The van der Waals surface area contributed by atoms with Gasteiger partial charge in [0.05, 0.1) is 12.7 Å². The first-order valence-corrected chi connectivity index (χ1v) is 4.14. The van der Waals surface area contributed by atoms with Crippen LogP contribution < -0.4 is 0 Å². The lowest BCUT2D eigenvalue weighted by Gasteiger charge is -2.42. The van der Waals surface area contributed by atoms with Gasteiger partial charge in [-0.2, -0.15) is 0 Å². The molecule has 0 radical (unpaired) electrons. The summed E-state index contributed by atoms with van der Waals surface area (Å²) in [5.74, 6) is 1.65. The van der Waals surface area contributed by atoms with Crippen molar-refractivity contribution in [1.29, 1.82) is 0 Å². The van der Waals surface area contributed by atoms with Crippen molar-refractivity contribution in [3.8, 4) is 0 Å². The van der Waals surface area contributed by atoms with Gasteiger partial charge in [0.2, 0.25) is 0 Å². The van der Waals surface area contributed by atoms with Crippen molar-refractivity contribution in [3.05, 3.63) is 12.7 Å². The average Bonchev–Trinajstić information content (AvgIpc) is 1.92. The molecule has 0 bridgehead atoms. The van der Waals surface area contributed by atoms with Crippen LogP contribution >= 0.6 is 0 Å². The highest BCUT2D eigenvalue weighted by Gasteiger charge is 2.36. The lowest BCUT2D eigenvalue weighted by molar-refractivity contribution is -0.139. The Morgan fingerprint density at radius 1 is 1.40 bits per heavy atom. The molecule has 0 aromatic rings. The van der Waals surface area contributed by atoms with E-state index in [0.29, 0.717) is 6.10 Å². The molecule has 10 heavy (non-hydrogen) atoms. The van der Waals surface area contributed by atoms with E-state index in [1.54, 1.807) is 0 Å². The molecule has 1 nitrogen and oxygen atoms in total. The SMILES string of the molecule is C=CC1CCC2OCC2C1. The van der Waals surface area contributed by atoms with Crippen molar-refractivity contribution in [3.63, 3.8) is 0 Å². The van der Waals surface area contributed by atoms with Crippen LogP contribution in [0.15, 0.2) is 12.7 Å². The number of hydrogen-bond donors (Lipinski definition) is 0. The summed E-state index contributed by atoms with van der Waals surface area (Å²) >= 11 is 0. The van der Waals surface area contributed by atoms with Crippen LogP contribution in [-0.4, -0.2) is 12.7 Å². The molecule has 0 aromatic carbocycles. The van der Waals surface area contributed by atoms with Crippen molar-refractivity contribution >= 4 is 0 Å². The number of rotatable bonds is 1. The molecule has 0 spiro atoms. The summed E-state index contributed by atoms with van der Waals surface area (Å²) in [5, 5.41) is 0. The maximum atomic E-state index is 5.39. The molecule has 1 aliphatic carbocycles. The van der Waals surface area contributed by atoms with Crippen LogP contribution in [0.25, 0.3) is 0 Å². The minimum Gasteiger partial charge on any atom is -0.377 e. The maximum absolute atomic E-state index is 5.39. The van der Waals surface area contributed by atoms with E-state index in [4.69, 9.17) is 4.74 Å². The van der Waals surface area contributed by atoms with Gasteiger partial charge in [0.15, 0.2) is 0 Å². The fourth-order valence-electron chi connectivity index (χ4n) is 2.01. The van der Waals surface area contributed by atoms with E-state index in [9.17, 15) is 0 Å². The highest BCUT2D eigenvalue weighted by Crippen LogP contribution is 2.37. The van der Waals surface area contributed by atoms with Crippen LogP contribution in [-0.2, 0) is 4.74 Å². The third-order valence-corrected chi connectivity index (χ3v) is 2.81. The van der Waals surface area contributed by atoms with Gasteiger partial charge >= 0.3 is 0 Å². The van der Waals surface area contributed by atoms with Crippen LogP contribution in [0.4, 0.5) is 0 Å². The minimum atomic E-state index is 0.621. The summed E-state index contributed by atoms with van der Waals surface area (Å²) < 4.78 is 5.39. The third kappa shape index (κ3) is 0.891. The molecule has 1 heterocycles. The van der Waals surface area contributed by atoms with Crippen molar-refractivity contribution in [2.75, 3.05) is 6.61 Å². The highest BCUT2D eigenvalue weighted by atomic mass is 16.5. The van der Waals surface area contributed by atoms with E-state index < -0.39 is 0 Å². The first-order valence-electron chi connectivity index (χ1n) is 4.14. The second-order valence-electron chi connectivity index (χ2n) is 3.44. The molecule has 2 rings (SSSR count). The van der Waals surface area contributed by atoms with Crippen molar-refractivity contribution < 1.29 is 4.74 Å². The van der Waals surface area contributed by atoms with Gasteiger partial charge in [0.1, 0.15) is 0 Å². The second kappa shape index (κ2) is 2.39. The van der Waals surface area contributed by atoms with Crippen LogP contribution in [0.3, 0.4) is 0 Å². The lowest BCUT2D eigenvalue weighted by Crippen LogP contribution is -2.43. The standard InChI is InChI=1S/C9H14O/c1-2-7-3-4-9-8(5-7)6-10-9/h2,7-9H,1,3-6H2. The molecule has 1 saturated heterocycles. The number of fused-ring (bicyclic) bond motifs is 1. The zero-order valence-corrected chi connectivity index (χ0v) is 6.25. The number of ether oxygens (including phenoxy) is 1. The average molecular weight is 138 g/mol. The molecule has 3 unspecified atom stereocenters. The molecule has 0 aromatic heterocycles. The van der Waals surface area contributed by atoms with E-state index in [-0.39, 0.29) is 0 Å². The molecule has 2 fully saturated rings. The summed E-state index contributed by atoms with van der Waals surface area (Å²) in [6.45, 7) is 4.84.